The van der Waals surface area contributed by atoms with Crippen LogP contribution in [0.15, 0.2) is 73.4 Å². The average molecular weight is 669 g/mol. The largest absolute Gasteiger partial charge is 0.493 e. The van der Waals surface area contributed by atoms with Crippen LogP contribution in [-0.2, 0) is 11.0 Å². The highest BCUT2D eigenvalue weighted by atomic mass is 79.9. The van der Waals surface area contributed by atoms with Crippen LogP contribution in [0, 0.1) is 0 Å². The molecule has 0 aliphatic heterocycles. The van der Waals surface area contributed by atoms with Gasteiger partial charge in [-0.1, -0.05) is 24.3 Å². The van der Waals surface area contributed by atoms with Crippen molar-refractivity contribution in [1.82, 2.24) is 9.66 Å². The summed E-state index contributed by atoms with van der Waals surface area (Å²) in [5.41, 5.74) is -0.790. The lowest BCUT2D eigenvalue weighted by molar-refractivity contribution is -0.144. The maximum Gasteiger partial charge on any atom is 0.416 e. The summed E-state index contributed by atoms with van der Waals surface area (Å²) in [5, 5.41) is 13.7. The minimum Gasteiger partial charge on any atom is -0.493 e. The fourth-order valence-corrected chi connectivity index (χ4v) is 4.47. The summed E-state index contributed by atoms with van der Waals surface area (Å²) in [6.45, 7) is 1.35. The van der Waals surface area contributed by atoms with Crippen molar-refractivity contribution >= 4 is 54.9 Å². The van der Waals surface area contributed by atoms with Crippen molar-refractivity contribution in [3.8, 4) is 22.9 Å². The molecular weight excluding hydrogens is 651 g/mol. The molecule has 0 radical (unpaired) electrons. The van der Waals surface area contributed by atoms with Gasteiger partial charge in [0.05, 0.1) is 34.3 Å². The van der Waals surface area contributed by atoms with E-state index in [1.54, 1.807) is 18.2 Å². The van der Waals surface area contributed by atoms with E-state index in [0.29, 0.717) is 20.0 Å². The zero-order valence-corrected chi connectivity index (χ0v) is 23.3. The Morgan fingerprint density at radius 2 is 1.85 bits per heavy atom. The van der Waals surface area contributed by atoms with E-state index in [0.717, 1.165) is 16.8 Å². The van der Waals surface area contributed by atoms with Gasteiger partial charge in [0.15, 0.2) is 23.4 Å². The average Bonchev–Trinajstić information content (AvgIpc) is 2.91. The summed E-state index contributed by atoms with van der Waals surface area (Å²) in [4.78, 5) is 29.1. The number of hydrogen-bond acceptors (Lipinski definition) is 6. The number of alkyl halides is 3. The number of fused-ring (bicyclic) bond motifs is 1. The van der Waals surface area contributed by atoms with Crippen molar-refractivity contribution in [1.29, 1.82) is 0 Å². The summed E-state index contributed by atoms with van der Waals surface area (Å²) >= 11 is 6.76. The van der Waals surface area contributed by atoms with Gasteiger partial charge in [-0.25, -0.2) is 9.78 Å². The van der Waals surface area contributed by atoms with E-state index >= 15 is 0 Å². The van der Waals surface area contributed by atoms with Crippen LogP contribution >= 0.6 is 31.9 Å². The number of halogens is 5. The highest BCUT2D eigenvalue weighted by molar-refractivity contribution is 9.13. The van der Waals surface area contributed by atoms with Crippen molar-refractivity contribution in [2.24, 2.45) is 5.10 Å². The molecule has 0 aliphatic carbocycles. The van der Waals surface area contributed by atoms with E-state index in [1.165, 1.54) is 44.5 Å². The molecule has 1 aromatic heterocycles. The van der Waals surface area contributed by atoms with Crippen LogP contribution in [0.25, 0.3) is 22.3 Å². The second-order valence-electron chi connectivity index (χ2n) is 8.12. The first-order valence-corrected chi connectivity index (χ1v) is 12.7. The van der Waals surface area contributed by atoms with Crippen molar-refractivity contribution in [2.75, 3.05) is 7.11 Å². The Kier molecular flexibility index (Phi) is 8.12. The lowest BCUT2D eigenvalue weighted by Gasteiger charge is -2.17. The van der Waals surface area contributed by atoms with Crippen LogP contribution in [0.2, 0.25) is 0 Å². The molecule has 4 rings (SSSR count). The molecule has 4 aromatic rings. The number of carboxylic acids is 1. The number of carbonyl (C=O) groups is 1. The summed E-state index contributed by atoms with van der Waals surface area (Å²) in [6, 6.07) is 12.4. The Morgan fingerprint density at radius 1 is 1.13 bits per heavy atom. The molecule has 202 valence electrons. The van der Waals surface area contributed by atoms with Gasteiger partial charge in [0, 0.05) is 15.6 Å². The summed E-state index contributed by atoms with van der Waals surface area (Å²) in [5.74, 6) is -0.998. The van der Waals surface area contributed by atoms with Gasteiger partial charge in [-0.2, -0.15) is 22.9 Å². The number of hydrogen-bond donors (Lipinski definition) is 1. The number of carboxylic acid groups (broad SMARTS) is 1. The molecule has 1 heterocycles. The number of para-hydroxylation sites is 1. The minimum absolute atomic E-state index is 0.0362. The van der Waals surface area contributed by atoms with Crippen molar-refractivity contribution in [3.05, 3.63) is 85.0 Å². The lowest BCUT2D eigenvalue weighted by Crippen LogP contribution is -2.23. The van der Waals surface area contributed by atoms with Gasteiger partial charge >= 0.3 is 12.1 Å². The fourth-order valence-electron chi connectivity index (χ4n) is 3.56. The van der Waals surface area contributed by atoms with Gasteiger partial charge in [0.2, 0.25) is 0 Å². The Labute approximate surface area is 236 Å². The standard InChI is InChI=1S/C26H18Br2F3N3O5/c1-13(25(36)37)39-22-19(38-2)11-15(20(27)21(22)28)12-32-34-23(14-6-5-7-16(10-14)26(29,30)31)33-18-9-4-3-8-17(18)24(34)35/h3-13H,1-2H3,(H,36,37)/t13-/m0/s1. The van der Waals surface area contributed by atoms with Crippen molar-refractivity contribution < 1.29 is 32.5 Å². The Bertz CT molecular complexity index is 1670. The molecule has 0 saturated heterocycles. The first-order valence-electron chi connectivity index (χ1n) is 11.1. The molecule has 0 fully saturated rings. The second kappa shape index (κ2) is 11.2. The molecule has 39 heavy (non-hydrogen) atoms. The molecule has 0 amide bonds. The molecule has 0 saturated carbocycles. The maximum absolute atomic E-state index is 13.4. The van der Waals surface area contributed by atoms with Gasteiger partial charge in [0.25, 0.3) is 5.56 Å². The molecule has 0 unspecified atom stereocenters. The third-order valence-electron chi connectivity index (χ3n) is 5.53. The quantitative estimate of drug-likeness (QED) is 0.230. The zero-order chi connectivity index (χ0) is 28.5. The predicted molar refractivity (Wildman–Crippen MR) is 146 cm³/mol. The normalized spacial score (nSPS) is 12.6. The first kappa shape index (κ1) is 28.3. The predicted octanol–water partition coefficient (Wildman–Crippen LogP) is 6.35. The van der Waals surface area contributed by atoms with Crippen LogP contribution in [0.1, 0.15) is 18.1 Å². The maximum atomic E-state index is 13.4. The van der Waals surface area contributed by atoms with Crippen LogP contribution in [0.3, 0.4) is 0 Å². The number of rotatable bonds is 7. The number of methoxy groups -OCH3 is 1. The van der Waals surface area contributed by atoms with E-state index in [4.69, 9.17) is 9.47 Å². The smallest absolute Gasteiger partial charge is 0.416 e. The van der Waals surface area contributed by atoms with Gasteiger partial charge in [-0.3, -0.25) is 4.79 Å². The summed E-state index contributed by atoms with van der Waals surface area (Å²) in [6.07, 6.45) is -4.49. The number of aliphatic carboxylic acids is 1. The highest BCUT2D eigenvalue weighted by Crippen LogP contribution is 2.43. The molecule has 1 atom stereocenters. The molecule has 0 bridgehead atoms. The SMILES string of the molecule is COc1cc(C=Nn2c(-c3cccc(C(F)(F)F)c3)nc3ccccc3c2=O)c(Br)c(Br)c1O[C@@H](C)C(=O)O. The van der Waals surface area contributed by atoms with Gasteiger partial charge < -0.3 is 14.6 Å². The van der Waals surface area contributed by atoms with Gasteiger partial charge in [-0.15, -0.1) is 0 Å². The topological polar surface area (TPSA) is 103 Å². The highest BCUT2D eigenvalue weighted by Gasteiger charge is 2.31. The van der Waals surface area contributed by atoms with Crippen molar-refractivity contribution in [2.45, 2.75) is 19.2 Å². The molecule has 13 heteroatoms. The summed E-state index contributed by atoms with van der Waals surface area (Å²) < 4.78 is 52.7. The summed E-state index contributed by atoms with van der Waals surface area (Å²) in [7, 11) is 1.36. The van der Waals surface area contributed by atoms with Gasteiger partial charge in [-0.05, 0) is 69.1 Å². The molecular formula is C26H18Br2F3N3O5. The number of nitrogens with zero attached hydrogens (tertiary/aromatic N) is 3. The molecule has 0 aliphatic rings. The molecule has 3 aromatic carbocycles. The van der Waals surface area contributed by atoms with E-state index in [-0.39, 0.29) is 28.3 Å². The lowest BCUT2D eigenvalue weighted by atomic mass is 10.1. The minimum atomic E-state index is -4.60. The van der Waals surface area contributed by atoms with Crippen LogP contribution in [0.5, 0.6) is 11.5 Å². The van der Waals surface area contributed by atoms with Gasteiger partial charge in [0.1, 0.15) is 0 Å². The fraction of sp³-hybridized carbons (Fsp3) is 0.154. The molecule has 0 spiro atoms. The van der Waals surface area contributed by atoms with E-state index in [1.807, 2.05) is 0 Å². The first-order chi connectivity index (χ1) is 18.4. The second-order valence-corrected chi connectivity index (χ2v) is 9.70. The van der Waals surface area contributed by atoms with E-state index in [2.05, 4.69) is 41.9 Å². The van der Waals surface area contributed by atoms with E-state index < -0.39 is 29.4 Å². The van der Waals surface area contributed by atoms with Crippen molar-refractivity contribution in [3.63, 3.8) is 0 Å². The monoisotopic (exact) mass is 667 g/mol. The Balaban J connectivity index is 1.89. The van der Waals surface area contributed by atoms with Crippen LogP contribution < -0.4 is 15.0 Å². The third kappa shape index (κ3) is 5.83. The number of benzene rings is 3. The van der Waals surface area contributed by atoms with Crippen LogP contribution in [-0.4, -0.2) is 40.2 Å². The Morgan fingerprint density at radius 3 is 2.51 bits per heavy atom. The van der Waals surface area contributed by atoms with E-state index in [9.17, 15) is 27.9 Å². The number of aromatic nitrogens is 2. The Hall–Kier alpha value is -3.71. The third-order valence-corrected chi connectivity index (χ3v) is 7.68. The number of ether oxygens (including phenoxy) is 2. The molecule has 8 nitrogen and oxygen atoms in total. The zero-order valence-electron chi connectivity index (χ0n) is 20.2. The molecule has 1 N–H and O–H groups in total. The van der Waals surface area contributed by atoms with Crippen LogP contribution in [0.4, 0.5) is 13.2 Å².